The lowest BCUT2D eigenvalue weighted by atomic mass is 10.0. The number of phosphoric ester groups is 1. The number of phosphoric acid groups is 1. The lowest BCUT2D eigenvalue weighted by Crippen LogP contribution is -2.29. The number of ether oxygens (including phenoxy) is 2. The van der Waals surface area contributed by atoms with E-state index in [0.717, 1.165) is 70.0 Å². The molecule has 0 amide bonds. The normalized spacial score (nSPS) is 14.4. The Labute approximate surface area is 356 Å². The maximum absolute atomic E-state index is 12.6. The summed E-state index contributed by atoms with van der Waals surface area (Å²) in [6.07, 6.45) is 37.5. The minimum Gasteiger partial charge on any atom is -0.466 e. The molecule has 1 aromatic heterocycles. The van der Waals surface area contributed by atoms with Gasteiger partial charge < -0.3 is 29.6 Å². The highest BCUT2D eigenvalue weighted by Crippen LogP contribution is 2.43. The van der Waals surface area contributed by atoms with Crippen LogP contribution in [0.2, 0.25) is 0 Å². The third kappa shape index (κ3) is 29.8. The molecule has 0 fully saturated rings. The largest absolute Gasteiger partial charge is 0.472 e. The van der Waals surface area contributed by atoms with Gasteiger partial charge >= 0.3 is 19.8 Å². The summed E-state index contributed by atoms with van der Waals surface area (Å²) in [6.45, 7) is 7.60. The molecule has 1 aromatic rings. The Morgan fingerprint density at radius 1 is 0.712 bits per heavy atom. The van der Waals surface area contributed by atoms with E-state index >= 15 is 0 Å². The number of nitrogens with two attached hydrogens (primary N) is 1. The summed E-state index contributed by atoms with van der Waals surface area (Å²) in [6, 6.07) is 0. The molecule has 59 heavy (non-hydrogen) atoms. The molecule has 0 aliphatic rings. The van der Waals surface area contributed by atoms with Crippen molar-refractivity contribution in [2.45, 2.75) is 175 Å². The standard InChI is InChI=1S/C47H78NO10P/c1-5-7-26-32-44-40(3)41(4)45(58-44)33-28-23-19-16-17-20-24-29-34-46(50)54-38-43(39-56-59(52,53)55-37-36-48)57-47(51)35-30-25-21-15-13-11-9-8-10-12-14-18-22-27-31-42(49)6-2/h9-12,15,18,21-22,27,31,42-43,49H,5-8,13-14,16-17,19-20,23-26,28-30,32-39,48H2,1-4H3,(H,52,53)/b11-9-,12-10-,21-15-,22-18-,31-27+/t42-,43-/m1/s1. The summed E-state index contributed by atoms with van der Waals surface area (Å²) in [7, 11) is -4.42. The fourth-order valence-electron chi connectivity index (χ4n) is 6.03. The van der Waals surface area contributed by atoms with Crippen LogP contribution in [0.3, 0.4) is 0 Å². The Kier molecular flexibility index (Phi) is 32.6. The van der Waals surface area contributed by atoms with Crippen LogP contribution in [-0.2, 0) is 45.5 Å². The number of aryl methyl sites for hydroxylation is 2. The third-order valence-electron chi connectivity index (χ3n) is 9.78. The second kappa shape index (κ2) is 35.7. The first kappa shape index (κ1) is 54.0. The van der Waals surface area contributed by atoms with E-state index in [-0.39, 0.29) is 38.7 Å². The highest BCUT2D eigenvalue weighted by molar-refractivity contribution is 7.47. The maximum atomic E-state index is 12.6. The zero-order valence-electron chi connectivity index (χ0n) is 36.8. The maximum Gasteiger partial charge on any atom is 0.472 e. The van der Waals surface area contributed by atoms with Crippen molar-refractivity contribution < 1.29 is 47.1 Å². The average Bonchev–Trinajstić information content (AvgIpc) is 3.49. The first-order valence-corrected chi connectivity index (χ1v) is 23.7. The topological polar surface area (TPSA) is 168 Å². The molecule has 3 atom stereocenters. The van der Waals surface area contributed by atoms with Crippen LogP contribution in [0.5, 0.6) is 0 Å². The van der Waals surface area contributed by atoms with Crippen LogP contribution in [0.1, 0.15) is 158 Å². The molecule has 0 aromatic carbocycles. The quantitative estimate of drug-likeness (QED) is 0.0192. The van der Waals surface area contributed by atoms with Gasteiger partial charge in [-0.3, -0.25) is 18.6 Å². The van der Waals surface area contributed by atoms with Gasteiger partial charge in [-0.1, -0.05) is 126 Å². The van der Waals surface area contributed by atoms with Crippen molar-refractivity contribution in [1.29, 1.82) is 0 Å². The number of rotatable bonds is 37. The monoisotopic (exact) mass is 848 g/mol. The number of unbranched alkanes of at least 4 members (excludes halogenated alkanes) is 10. The highest BCUT2D eigenvalue weighted by atomic mass is 31.2. The Bertz CT molecular complexity index is 1450. The molecule has 0 aliphatic carbocycles. The minimum atomic E-state index is -4.42. The summed E-state index contributed by atoms with van der Waals surface area (Å²) in [5, 5.41) is 9.48. The van der Waals surface area contributed by atoms with E-state index in [9.17, 15) is 24.2 Å². The second-order valence-electron chi connectivity index (χ2n) is 15.0. The number of carbonyl (C=O) groups excluding carboxylic acids is 2. The molecule has 0 spiro atoms. The Morgan fingerprint density at radius 3 is 1.88 bits per heavy atom. The van der Waals surface area contributed by atoms with Gasteiger partial charge in [-0.2, -0.15) is 0 Å². The lowest BCUT2D eigenvalue weighted by molar-refractivity contribution is -0.161. The Balaban J connectivity index is 2.30. The van der Waals surface area contributed by atoms with Gasteiger partial charge in [-0.25, -0.2) is 4.57 Å². The number of furan rings is 1. The summed E-state index contributed by atoms with van der Waals surface area (Å²) in [5.41, 5.74) is 7.99. The van der Waals surface area contributed by atoms with Crippen molar-refractivity contribution in [1.82, 2.24) is 0 Å². The van der Waals surface area contributed by atoms with E-state index in [4.69, 9.17) is 28.7 Å². The van der Waals surface area contributed by atoms with Crippen molar-refractivity contribution in [2.24, 2.45) is 5.73 Å². The molecular weight excluding hydrogens is 769 g/mol. The first-order chi connectivity index (χ1) is 28.5. The van der Waals surface area contributed by atoms with Gasteiger partial charge in [0.05, 0.1) is 19.3 Å². The molecule has 11 nitrogen and oxygen atoms in total. The molecule has 336 valence electrons. The van der Waals surface area contributed by atoms with Gasteiger partial charge in [0.15, 0.2) is 6.10 Å². The zero-order chi connectivity index (χ0) is 43.4. The Morgan fingerprint density at radius 2 is 1.27 bits per heavy atom. The van der Waals surface area contributed by atoms with Gasteiger partial charge in [0.1, 0.15) is 18.1 Å². The third-order valence-corrected chi connectivity index (χ3v) is 10.8. The van der Waals surface area contributed by atoms with Crippen LogP contribution in [-0.4, -0.2) is 60.5 Å². The molecule has 12 heteroatoms. The van der Waals surface area contributed by atoms with E-state index in [2.05, 4.69) is 45.1 Å². The van der Waals surface area contributed by atoms with Crippen molar-refractivity contribution >= 4 is 19.8 Å². The summed E-state index contributed by atoms with van der Waals surface area (Å²) >= 11 is 0. The molecule has 0 bridgehead atoms. The number of allylic oxidation sites excluding steroid dienone is 9. The summed E-state index contributed by atoms with van der Waals surface area (Å²) in [4.78, 5) is 35.0. The minimum absolute atomic E-state index is 0.0295. The van der Waals surface area contributed by atoms with E-state index in [1.54, 1.807) is 6.08 Å². The fourth-order valence-corrected chi connectivity index (χ4v) is 6.80. The predicted molar refractivity (Wildman–Crippen MR) is 238 cm³/mol. The smallest absolute Gasteiger partial charge is 0.466 e. The molecule has 0 aliphatic heterocycles. The van der Waals surface area contributed by atoms with Crippen molar-refractivity contribution in [3.05, 3.63) is 83.4 Å². The summed E-state index contributed by atoms with van der Waals surface area (Å²) < 4.78 is 39.0. The van der Waals surface area contributed by atoms with Gasteiger partial charge in [0.25, 0.3) is 0 Å². The van der Waals surface area contributed by atoms with Gasteiger partial charge in [0, 0.05) is 32.2 Å². The average molecular weight is 848 g/mol. The lowest BCUT2D eigenvalue weighted by Gasteiger charge is -2.19. The molecule has 0 radical (unpaired) electrons. The fraction of sp³-hybridized carbons (Fsp3) is 0.660. The predicted octanol–water partition coefficient (Wildman–Crippen LogP) is 11.1. The van der Waals surface area contributed by atoms with E-state index in [0.29, 0.717) is 25.7 Å². The molecule has 1 unspecified atom stereocenters. The number of aliphatic hydroxyl groups excluding tert-OH is 1. The van der Waals surface area contributed by atoms with E-state index < -0.39 is 32.5 Å². The van der Waals surface area contributed by atoms with Crippen LogP contribution in [0, 0.1) is 13.8 Å². The number of hydrogen-bond donors (Lipinski definition) is 3. The summed E-state index contributed by atoms with van der Waals surface area (Å²) in [5.74, 6) is 1.38. The van der Waals surface area contributed by atoms with Crippen LogP contribution < -0.4 is 5.73 Å². The molecule has 0 saturated carbocycles. The Hall–Kier alpha value is -3.05. The van der Waals surface area contributed by atoms with Crippen LogP contribution >= 0.6 is 7.82 Å². The first-order valence-electron chi connectivity index (χ1n) is 22.2. The van der Waals surface area contributed by atoms with E-state index in [1.807, 2.05) is 37.3 Å². The number of aliphatic hydroxyl groups is 1. The molecule has 4 N–H and O–H groups in total. The van der Waals surface area contributed by atoms with Gasteiger partial charge in [-0.15, -0.1) is 0 Å². The van der Waals surface area contributed by atoms with Crippen molar-refractivity contribution in [3.8, 4) is 0 Å². The molecule has 0 saturated heterocycles. The van der Waals surface area contributed by atoms with Crippen LogP contribution in [0.4, 0.5) is 0 Å². The second-order valence-corrected chi connectivity index (χ2v) is 16.4. The van der Waals surface area contributed by atoms with Crippen molar-refractivity contribution in [3.63, 3.8) is 0 Å². The number of esters is 2. The van der Waals surface area contributed by atoms with Crippen LogP contribution in [0.25, 0.3) is 0 Å². The SMILES string of the molecule is CCCCCc1oc(CCCCCCCCCCC(=O)OC[C@H](COP(=O)(O)OCCN)OC(=O)CCC/C=C\C/C=C\C/C=C\C/C=C\C=C\[C@H](O)CC)c(C)c1C. The highest BCUT2D eigenvalue weighted by Gasteiger charge is 2.26. The van der Waals surface area contributed by atoms with E-state index in [1.165, 1.54) is 49.0 Å². The van der Waals surface area contributed by atoms with Crippen LogP contribution in [0.15, 0.2) is 65.2 Å². The van der Waals surface area contributed by atoms with Gasteiger partial charge in [0.2, 0.25) is 0 Å². The van der Waals surface area contributed by atoms with Crippen molar-refractivity contribution in [2.75, 3.05) is 26.4 Å². The molecule has 1 rings (SSSR count). The zero-order valence-corrected chi connectivity index (χ0v) is 37.7. The number of hydrogen-bond acceptors (Lipinski definition) is 10. The molecule has 1 heterocycles. The molecular formula is C47H78NO10P. The number of carbonyl (C=O) groups is 2. The van der Waals surface area contributed by atoms with Gasteiger partial charge in [-0.05, 0) is 82.8 Å².